The largest absolute Gasteiger partial charge is 0.507 e. The summed E-state index contributed by atoms with van der Waals surface area (Å²) in [5, 5.41) is 11.4. The van der Waals surface area contributed by atoms with E-state index in [9.17, 15) is 19.5 Å². The van der Waals surface area contributed by atoms with Gasteiger partial charge in [0.25, 0.3) is 0 Å². The first kappa shape index (κ1) is 24.5. The Balaban J connectivity index is 1.81. The number of phenolic OH excluding ortho intramolecular Hbond substituents is 1. The van der Waals surface area contributed by atoms with Gasteiger partial charge in [-0.15, -0.1) is 0 Å². The molecule has 2 aromatic carbocycles. The molecular weight excluding hydrogens is 448 g/mol. The number of rotatable bonds is 2. The van der Waals surface area contributed by atoms with Crippen molar-refractivity contribution in [2.45, 2.75) is 63.9 Å². The lowest BCUT2D eigenvalue weighted by molar-refractivity contribution is -0.135. The zero-order chi connectivity index (χ0) is 24.9. The number of ether oxygens (including phenoxy) is 3. The Kier molecular flexibility index (Phi) is 7.54. The monoisotopic (exact) mass is 478 g/mol. The fraction of sp³-hybridized carbons (Fsp3) is 0.393. The number of esters is 2. The van der Waals surface area contributed by atoms with Crippen LogP contribution in [0.25, 0.3) is 6.08 Å². The third-order valence-electron chi connectivity index (χ3n) is 6.47. The number of fused-ring (bicyclic) bond motifs is 2. The van der Waals surface area contributed by atoms with Crippen LogP contribution in [0.3, 0.4) is 0 Å². The second kappa shape index (κ2) is 10.8. The molecule has 2 aliphatic rings. The molecule has 1 N–H and O–H groups in total. The number of carbonyl (C=O) groups is 3. The van der Waals surface area contributed by atoms with E-state index in [1.807, 2.05) is 18.2 Å². The number of benzene rings is 2. The highest BCUT2D eigenvalue weighted by molar-refractivity contribution is 5.98. The standard InChI is InChI=1S/C28H30O7/c1-17-8-6-12-20(29)11-5-3-4-9-19-15-23-26(27(31)25(19)28(32)34-17)22(16-24(30)35-23)18-10-7-13-21(14-18)33-2/h4,7,9-10,13-15,17,22,31H,3,5-6,8,11-12,16H2,1-2H3. The molecule has 7 heteroatoms. The molecule has 2 heterocycles. The Hall–Kier alpha value is -3.61. The molecule has 0 aliphatic carbocycles. The van der Waals surface area contributed by atoms with Crippen molar-refractivity contribution in [3.05, 3.63) is 58.7 Å². The summed E-state index contributed by atoms with van der Waals surface area (Å²) >= 11 is 0. The molecule has 2 aromatic rings. The van der Waals surface area contributed by atoms with Gasteiger partial charge in [0.15, 0.2) is 0 Å². The highest BCUT2D eigenvalue weighted by atomic mass is 16.5. The molecule has 0 saturated heterocycles. The molecule has 0 aromatic heterocycles. The summed E-state index contributed by atoms with van der Waals surface area (Å²) in [4.78, 5) is 37.8. The highest BCUT2D eigenvalue weighted by Crippen LogP contribution is 2.47. The Labute approximate surface area is 204 Å². The van der Waals surface area contributed by atoms with Gasteiger partial charge in [-0.25, -0.2) is 4.79 Å². The normalized spacial score (nSPS) is 21.3. The van der Waals surface area contributed by atoms with Crippen LogP contribution < -0.4 is 9.47 Å². The Bertz CT molecular complexity index is 1160. The summed E-state index contributed by atoms with van der Waals surface area (Å²) < 4.78 is 16.5. The Morgan fingerprint density at radius 1 is 1.09 bits per heavy atom. The topological polar surface area (TPSA) is 99.1 Å². The van der Waals surface area contributed by atoms with E-state index in [1.165, 1.54) is 0 Å². The van der Waals surface area contributed by atoms with E-state index in [2.05, 4.69) is 0 Å². The van der Waals surface area contributed by atoms with Gasteiger partial charge in [0.2, 0.25) is 0 Å². The maximum Gasteiger partial charge on any atom is 0.342 e. The summed E-state index contributed by atoms with van der Waals surface area (Å²) in [5.41, 5.74) is 1.59. The van der Waals surface area contributed by atoms with Gasteiger partial charge in [-0.3, -0.25) is 9.59 Å². The predicted molar refractivity (Wildman–Crippen MR) is 130 cm³/mol. The third kappa shape index (κ3) is 5.56. The van der Waals surface area contributed by atoms with Gasteiger partial charge >= 0.3 is 11.9 Å². The SMILES string of the molecule is COc1cccc(C2CC(=O)Oc3cc4c(c(O)c32)C(=O)OC(C)CCCC(=O)CCCC=C4)c1. The van der Waals surface area contributed by atoms with Crippen molar-refractivity contribution in [1.29, 1.82) is 0 Å². The highest BCUT2D eigenvalue weighted by Gasteiger charge is 2.35. The van der Waals surface area contributed by atoms with E-state index in [0.717, 1.165) is 5.56 Å². The van der Waals surface area contributed by atoms with Crippen LogP contribution in [0, 0.1) is 0 Å². The van der Waals surface area contributed by atoms with E-state index in [1.54, 1.807) is 38.3 Å². The lowest BCUT2D eigenvalue weighted by atomic mass is 9.83. The average molecular weight is 479 g/mol. The van der Waals surface area contributed by atoms with Crippen LogP contribution in [-0.2, 0) is 14.3 Å². The van der Waals surface area contributed by atoms with Crippen molar-refractivity contribution < 1.29 is 33.7 Å². The minimum atomic E-state index is -0.651. The van der Waals surface area contributed by atoms with E-state index >= 15 is 0 Å². The second-order valence-electron chi connectivity index (χ2n) is 9.05. The predicted octanol–water partition coefficient (Wildman–Crippen LogP) is 5.32. The molecule has 2 atom stereocenters. The first-order chi connectivity index (χ1) is 16.9. The van der Waals surface area contributed by atoms with Crippen LogP contribution in [0.1, 0.15) is 84.8 Å². The number of allylic oxidation sites excluding steroid dienone is 1. The molecule has 0 spiro atoms. The Morgan fingerprint density at radius 3 is 2.69 bits per heavy atom. The molecule has 2 unspecified atom stereocenters. The van der Waals surface area contributed by atoms with Crippen LogP contribution in [-0.4, -0.2) is 36.0 Å². The molecule has 184 valence electrons. The number of aromatic hydroxyl groups is 1. The van der Waals surface area contributed by atoms with Gasteiger partial charge in [0.1, 0.15) is 28.6 Å². The van der Waals surface area contributed by atoms with Gasteiger partial charge < -0.3 is 19.3 Å². The summed E-state index contributed by atoms with van der Waals surface area (Å²) in [6.45, 7) is 1.78. The zero-order valence-electron chi connectivity index (χ0n) is 20.0. The van der Waals surface area contributed by atoms with Gasteiger partial charge in [-0.1, -0.05) is 24.3 Å². The minimum Gasteiger partial charge on any atom is -0.507 e. The number of carbonyl (C=O) groups excluding carboxylic acids is 3. The lowest BCUT2D eigenvalue weighted by Crippen LogP contribution is -2.23. The molecule has 2 aliphatic heterocycles. The molecule has 0 amide bonds. The van der Waals surface area contributed by atoms with Crippen molar-refractivity contribution in [2.75, 3.05) is 7.11 Å². The van der Waals surface area contributed by atoms with Gasteiger partial charge in [-0.2, -0.15) is 0 Å². The van der Waals surface area contributed by atoms with Crippen molar-refractivity contribution in [1.82, 2.24) is 0 Å². The quantitative estimate of drug-likeness (QED) is 0.460. The van der Waals surface area contributed by atoms with Crippen LogP contribution in [0.4, 0.5) is 0 Å². The third-order valence-corrected chi connectivity index (χ3v) is 6.47. The van der Waals surface area contributed by atoms with Crippen LogP contribution in [0.5, 0.6) is 17.2 Å². The van der Waals surface area contributed by atoms with Crippen LogP contribution in [0.15, 0.2) is 36.4 Å². The van der Waals surface area contributed by atoms with Gasteiger partial charge in [-0.05, 0) is 61.9 Å². The van der Waals surface area contributed by atoms with Crippen molar-refractivity contribution >= 4 is 23.8 Å². The summed E-state index contributed by atoms with van der Waals surface area (Å²) in [7, 11) is 1.56. The average Bonchev–Trinajstić information content (AvgIpc) is 2.82. The molecule has 4 rings (SSSR count). The number of Topliss-reactive ketones (excluding diaryl/α,β-unsaturated/α-hetero) is 1. The number of hydrogen-bond donors (Lipinski definition) is 1. The lowest BCUT2D eigenvalue weighted by Gasteiger charge is -2.28. The van der Waals surface area contributed by atoms with Crippen molar-refractivity contribution in [3.63, 3.8) is 0 Å². The van der Waals surface area contributed by atoms with E-state index in [-0.39, 0.29) is 29.3 Å². The number of hydrogen-bond acceptors (Lipinski definition) is 7. The first-order valence-electron chi connectivity index (χ1n) is 12.0. The van der Waals surface area contributed by atoms with Crippen LogP contribution >= 0.6 is 0 Å². The number of cyclic esters (lactones) is 1. The van der Waals surface area contributed by atoms with E-state index in [4.69, 9.17) is 14.2 Å². The van der Waals surface area contributed by atoms with Crippen molar-refractivity contribution in [3.8, 4) is 17.2 Å². The maximum absolute atomic E-state index is 13.3. The molecule has 0 fully saturated rings. The number of methoxy groups -OCH3 is 1. The fourth-order valence-corrected chi connectivity index (χ4v) is 4.66. The smallest absolute Gasteiger partial charge is 0.342 e. The number of ketones is 1. The van der Waals surface area contributed by atoms with Gasteiger partial charge in [0, 0.05) is 24.3 Å². The molecule has 0 saturated carbocycles. The first-order valence-corrected chi connectivity index (χ1v) is 12.0. The maximum atomic E-state index is 13.3. The molecule has 35 heavy (non-hydrogen) atoms. The van der Waals surface area contributed by atoms with E-state index < -0.39 is 24.0 Å². The molecular formula is C28H30O7. The van der Waals surface area contributed by atoms with Gasteiger partial charge in [0.05, 0.1) is 19.6 Å². The molecule has 0 bridgehead atoms. The molecule has 7 nitrogen and oxygen atoms in total. The van der Waals surface area contributed by atoms with Crippen molar-refractivity contribution in [2.24, 2.45) is 0 Å². The minimum absolute atomic E-state index is 0.0157. The summed E-state index contributed by atoms with van der Waals surface area (Å²) in [5.74, 6) is -0.799. The molecule has 0 radical (unpaired) electrons. The zero-order valence-corrected chi connectivity index (χ0v) is 20.0. The van der Waals surface area contributed by atoms with E-state index in [0.29, 0.717) is 55.4 Å². The summed E-state index contributed by atoms with van der Waals surface area (Å²) in [6, 6.07) is 8.87. The van der Waals surface area contributed by atoms with Crippen LogP contribution in [0.2, 0.25) is 0 Å². The Morgan fingerprint density at radius 2 is 1.89 bits per heavy atom. The summed E-state index contributed by atoms with van der Waals surface area (Å²) in [6.07, 6.45) is 6.66. The number of phenols is 1. The second-order valence-corrected chi connectivity index (χ2v) is 9.05. The fourth-order valence-electron chi connectivity index (χ4n) is 4.66.